The summed E-state index contributed by atoms with van der Waals surface area (Å²) in [5.41, 5.74) is 2.93. The van der Waals surface area contributed by atoms with Gasteiger partial charge in [0.05, 0.1) is 12.1 Å². The average molecular weight is 572 g/mol. The Morgan fingerprint density at radius 1 is 1.05 bits per heavy atom. The first kappa shape index (κ1) is 28.9. The average Bonchev–Trinajstić information content (AvgIpc) is 3.36. The van der Waals surface area contributed by atoms with Crippen molar-refractivity contribution in [1.29, 1.82) is 0 Å². The molecule has 0 N–H and O–H groups in total. The van der Waals surface area contributed by atoms with Crippen LogP contribution in [0.2, 0.25) is 0 Å². The maximum absolute atomic E-state index is 13.0. The SMILES string of the molecule is CC(C)(C)OC(=O)N1CCCc2ccc(CCOc3ccc4c(ccn4C=CC(=O)OCc4ccc(F)cc4)c3)nc21. The standard InChI is InChI=1S/C33H34FN3O5/c1-33(2,3)42-32(39)37-17-4-5-24-8-11-27(35-31(24)37)16-20-40-28-12-13-29-25(21-28)14-18-36(29)19-15-30(38)41-22-23-6-9-26(34)10-7-23/h6-15,18-19,21H,4-5,16-17,20,22H2,1-3H3. The van der Waals surface area contributed by atoms with Gasteiger partial charge >= 0.3 is 12.1 Å². The first-order chi connectivity index (χ1) is 20.1. The fourth-order valence-corrected chi connectivity index (χ4v) is 4.67. The van der Waals surface area contributed by atoms with Gasteiger partial charge in [0.1, 0.15) is 29.6 Å². The Morgan fingerprint density at radius 2 is 1.86 bits per heavy atom. The second-order valence-corrected chi connectivity index (χ2v) is 11.1. The Labute approximate surface area is 244 Å². The molecule has 0 unspecified atom stereocenters. The molecule has 42 heavy (non-hydrogen) atoms. The molecule has 3 heterocycles. The number of nitrogens with zero attached hydrogens (tertiary/aromatic N) is 3. The van der Waals surface area contributed by atoms with Crippen LogP contribution in [0.25, 0.3) is 17.1 Å². The number of carbonyl (C=O) groups is 2. The summed E-state index contributed by atoms with van der Waals surface area (Å²) in [4.78, 5) is 31.3. The van der Waals surface area contributed by atoms with Crippen molar-refractivity contribution < 1.29 is 28.2 Å². The van der Waals surface area contributed by atoms with Crippen molar-refractivity contribution in [2.75, 3.05) is 18.1 Å². The highest BCUT2D eigenvalue weighted by Crippen LogP contribution is 2.28. The van der Waals surface area contributed by atoms with E-state index in [9.17, 15) is 14.0 Å². The molecule has 5 rings (SSSR count). The summed E-state index contributed by atoms with van der Waals surface area (Å²) < 4.78 is 31.7. The van der Waals surface area contributed by atoms with Crippen molar-refractivity contribution in [3.63, 3.8) is 0 Å². The van der Waals surface area contributed by atoms with E-state index < -0.39 is 11.6 Å². The fraction of sp³-hybridized carbons (Fsp3) is 0.303. The summed E-state index contributed by atoms with van der Waals surface area (Å²) in [7, 11) is 0. The molecule has 0 aliphatic carbocycles. The number of amides is 1. The number of aromatic nitrogens is 2. The van der Waals surface area contributed by atoms with Crippen LogP contribution in [-0.4, -0.2) is 40.4 Å². The highest BCUT2D eigenvalue weighted by molar-refractivity contribution is 5.89. The third kappa shape index (κ3) is 7.34. The smallest absolute Gasteiger partial charge is 0.416 e. The predicted molar refractivity (Wildman–Crippen MR) is 159 cm³/mol. The van der Waals surface area contributed by atoms with Gasteiger partial charge in [-0.25, -0.2) is 19.0 Å². The van der Waals surface area contributed by atoms with Crippen LogP contribution >= 0.6 is 0 Å². The first-order valence-electron chi connectivity index (χ1n) is 14.0. The Kier molecular flexibility index (Phi) is 8.56. The number of halogens is 1. The first-order valence-corrected chi connectivity index (χ1v) is 14.0. The van der Waals surface area contributed by atoms with E-state index >= 15 is 0 Å². The van der Waals surface area contributed by atoms with E-state index in [-0.39, 0.29) is 18.5 Å². The molecule has 1 amide bonds. The van der Waals surface area contributed by atoms with Gasteiger partial charge in [-0.1, -0.05) is 18.2 Å². The topological polar surface area (TPSA) is 82.9 Å². The quantitative estimate of drug-likeness (QED) is 0.173. The van der Waals surface area contributed by atoms with Crippen LogP contribution in [0.1, 0.15) is 44.0 Å². The van der Waals surface area contributed by atoms with E-state index in [1.807, 2.05) is 67.9 Å². The largest absolute Gasteiger partial charge is 0.493 e. The minimum Gasteiger partial charge on any atom is -0.493 e. The zero-order chi connectivity index (χ0) is 29.7. The van der Waals surface area contributed by atoms with Crippen LogP contribution in [0.3, 0.4) is 0 Å². The monoisotopic (exact) mass is 571 g/mol. The van der Waals surface area contributed by atoms with Crippen molar-refractivity contribution in [2.24, 2.45) is 0 Å². The highest BCUT2D eigenvalue weighted by atomic mass is 19.1. The fourth-order valence-electron chi connectivity index (χ4n) is 4.67. The minimum atomic E-state index is -0.573. The number of anilines is 1. The second kappa shape index (κ2) is 12.5. The zero-order valence-corrected chi connectivity index (χ0v) is 24.0. The molecule has 0 saturated carbocycles. The molecule has 0 radical (unpaired) electrons. The maximum Gasteiger partial charge on any atom is 0.416 e. The molecule has 0 bridgehead atoms. The van der Waals surface area contributed by atoms with Gasteiger partial charge in [-0.15, -0.1) is 0 Å². The molecule has 0 saturated heterocycles. The van der Waals surface area contributed by atoms with Gasteiger partial charge in [0.15, 0.2) is 0 Å². The number of carbonyl (C=O) groups excluding carboxylic acids is 2. The summed E-state index contributed by atoms with van der Waals surface area (Å²) in [5.74, 6) is 0.559. The number of aryl methyl sites for hydroxylation is 1. The predicted octanol–water partition coefficient (Wildman–Crippen LogP) is 6.70. The lowest BCUT2D eigenvalue weighted by atomic mass is 10.1. The molecular weight excluding hydrogens is 537 g/mol. The Morgan fingerprint density at radius 3 is 2.64 bits per heavy atom. The second-order valence-electron chi connectivity index (χ2n) is 11.1. The van der Waals surface area contributed by atoms with Gasteiger partial charge in [-0.2, -0.15) is 0 Å². The third-order valence-corrected chi connectivity index (χ3v) is 6.70. The van der Waals surface area contributed by atoms with Gasteiger partial charge in [-0.3, -0.25) is 4.90 Å². The van der Waals surface area contributed by atoms with Crippen LogP contribution in [-0.2, 0) is 33.7 Å². The number of benzene rings is 2. The molecule has 0 atom stereocenters. The van der Waals surface area contributed by atoms with Crippen LogP contribution in [0.15, 0.2) is 72.9 Å². The summed E-state index contributed by atoms with van der Waals surface area (Å²) in [5, 5.41) is 0.955. The molecule has 8 nitrogen and oxygen atoms in total. The van der Waals surface area contributed by atoms with Crippen LogP contribution in [0, 0.1) is 5.82 Å². The molecule has 2 aromatic carbocycles. The van der Waals surface area contributed by atoms with E-state index in [0.717, 1.165) is 40.8 Å². The Bertz CT molecular complexity index is 1600. The van der Waals surface area contributed by atoms with Gasteiger partial charge in [-0.05, 0) is 87.2 Å². The molecule has 0 fully saturated rings. The molecule has 1 aliphatic rings. The van der Waals surface area contributed by atoms with E-state index in [1.165, 1.54) is 18.2 Å². The third-order valence-electron chi connectivity index (χ3n) is 6.70. The number of fused-ring (bicyclic) bond motifs is 2. The summed E-state index contributed by atoms with van der Waals surface area (Å²) in [6.07, 6.45) is 6.80. The summed E-state index contributed by atoms with van der Waals surface area (Å²) in [6.45, 7) is 6.64. The van der Waals surface area contributed by atoms with Gasteiger partial charge < -0.3 is 18.8 Å². The lowest BCUT2D eigenvalue weighted by Crippen LogP contribution is -2.40. The lowest BCUT2D eigenvalue weighted by Gasteiger charge is -2.31. The molecule has 2 aromatic heterocycles. The Hall–Kier alpha value is -4.66. The lowest BCUT2D eigenvalue weighted by molar-refractivity contribution is -0.138. The highest BCUT2D eigenvalue weighted by Gasteiger charge is 2.28. The van der Waals surface area contributed by atoms with Crippen molar-refractivity contribution in [2.45, 2.75) is 52.2 Å². The molecular formula is C33H34FN3O5. The van der Waals surface area contributed by atoms with E-state index in [0.29, 0.717) is 31.0 Å². The van der Waals surface area contributed by atoms with Crippen molar-refractivity contribution >= 4 is 35.0 Å². The number of ether oxygens (including phenoxy) is 3. The minimum absolute atomic E-state index is 0.0690. The summed E-state index contributed by atoms with van der Waals surface area (Å²) in [6, 6.07) is 17.5. The number of rotatable bonds is 8. The molecule has 0 spiro atoms. The summed E-state index contributed by atoms with van der Waals surface area (Å²) >= 11 is 0. The number of hydrogen-bond donors (Lipinski definition) is 0. The molecule has 1 aliphatic heterocycles. The maximum atomic E-state index is 13.0. The van der Waals surface area contributed by atoms with Gasteiger partial charge in [0, 0.05) is 42.5 Å². The van der Waals surface area contributed by atoms with E-state index in [4.69, 9.17) is 19.2 Å². The number of hydrogen-bond acceptors (Lipinski definition) is 6. The van der Waals surface area contributed by atoms with Crippen molar-refractivity contribution in [3.8, 4) is 5.75 Å². The molecule has 218 valence electrons. The zero-order valence-electron chi connectivity index (χ0n) is 24.0. The van der Waals surface area contributed by atoms with Crippen LogP contribution < -0.4 is 9.64 Å². The van der Waals surface area contributed by atoms with Crippen molar-refractivity contribution in [3.05, 3.63) is 95.6 Å². The van der Waals surface area contributed by atoms with Crippen molar-refractivity contribution in [1.82, 2.24) is 9.55 Å². The van der Waals surface area contributed by atoms with Gasteiger partial charge in [0.25, 0.3) is 0 Å². The Balaban J connectivity index is 1.16. The molecule has 4 aromatic rings. The van der Waals surface area contributed by atoms with Crippen LogP contribution in [0.5, 0.6) is 5.75 Å². The normalized spacial score (nSPS) is 13.3. The number of esters is 1. The van der Waals surface area contributed by atoms with E-state index in [1.54, 1.807) is 23.2 Å². The van der Waals surface area contributed by atoms with Crippen LogP contribution in [0.4, 0.5) is 15.0 Å². The molecule has 9 heteroatoms. The van der Waals surface area contributed by atoms with Gasteiger partial charge in [0.2, 0.25) is 0 Å². The number of pyridine rings is 1. The van der Waals surface area contributed by atoms with E-state index in [2.05, 4.69) is 0 Å².